The Kier molecular flexibility index (Phi) is 3.39. The van der Waals surface area contributed by atoms with Gasteiger partial charge >= 0.3 is 0 Å². The molecule has 3 rings (SSSR count). The van der Waals surface area contributed by atoms with Crippen molar-refractivity contribution in [1.29, 1.82) is 0 Å². The summed E-state index contributed by atoms with van der Waals surface area (Å²) in [6.45, 7) is 1.92. The van der Waals surface area contributed by atoms with Crippen LogP contribution in [0.5, 0.6) is 5.75 Å². The lowest BCUT2D eigenvalue weighted by atomic mass is 10.1. The van der Waals surface area contributed by atoms with Crippen LogP contribution in [0.1, 0.15) is 11.1 Å². The third-order valence-electron chi connectivity index (χ3n) is 3.45. The number of para-hydroxylation sites is 2. The second-order valence-corrected chi connectivity index (χ2v) is 5.08. The molecule has 110 valence electrons. The summed E-state index contributed by atoms with van der Waals surface area (Å²) in [6.07, 6.45) is 1.33. The molecule has 22 heavy (non-hydrogen) atoms. The Morgan fingerprint density at radius 2 is 2.00 bits per heavy atom. The van der Waals surface area contributed by atoms with Gasteiger partial charge in [-0.3, -0.25) is 9.79 Å². The summed E-state index contributed by atoms with van der Waals surface area (Å²) in [5.74, 6) is -0.0827. The Labute approximate surface area is 126 Å². The van der Waals surface area contributed by atoms with Gasteiger partial charge in [-0.15, -0.1) is 0 Å². The Hall–Kier alpha value is -3.08. The molecule has 0 atom stereocenters. The standard InChI is InChI=1S/C17H15N3O2/c1-10-6-7-14-11(8-10)16(21)12(17(22)20-14)9-19-15-5-3-2-4-13(15)18/h2-9H,18H2,1H3,(H2,20,21,22). The summed E-state index contributed by atoms with van der Waals surface area (Å²) in [6, 6.07) is 12.5. The largest absolute Gasteiger partial charge is 0.506 e. The summed E-state index contributed by atoms with van der Waals surface area (Å²) in [5.41, 5.74) is 8.16. The number of pyridine rings is 1. The number of hydrogen-bond donors (Lipinski definition) is 3. The lowest BCUT2D eigenvalue weighted by molar-refractivity contribution is 0.479. The molecule has 5 heteroatoms. The number of aliphatic imine (C=N–C) groups is 1. The third-order valence-corrected chi connectivity index (χ3v) is 3.45. The predicted octanol–water partition coefficient (Wildman–Crippen LogP) is 2.87. The number of aromatic amines is 1. The minimum absolute atomic E-state index is 0.0827. The highest BCUT2D eigenvalue weighted by atomic mass is 16.3. The maximum atomic E-state index is 12.1. The van der Waals surface area contributed by atoms with Gasteiger partial charge in [0.25, 0.3) is 5.56 Å². The molecular formula is C17H15N3O2. The molecule has 0 saturated carbocycles. The Morgan fingerprint density at radius 3 is 2.77 bits per heavy atom. The second kappa shape index (κ2) is 5.37. The first-order valence-corrected chi connectivity index (χ1v) is 6.80. The molecule has 0 aliphatic rings. The highest BCUT2D eigenvalue weighted by Gasteiger charge is 2.10. The van der Waals surface area contributed by atoms with Gasteiger partial charge in [0.2, 0.25) is 0 Å². The number of fused-ring (bicyclic) bond motifs is 1. The van der Waals surface area contributed by atoms with Gasteiger partial charge in [-0.1, -0.05) is 23.8 Å². The van der Waals surface area contributed by atoms with Crippen LogP contribution < -0.4 is 11.3 Å². The van der Waals surface area contributed by atoms with Gasteiger partial charge in [-0.05, 0) is 31.2 Å². The molecule has 0 saturated heterocycles. The number of nitrogen functional groups attached to an aromatic ring is 1. The molecule has 0 amide bonds. The summed E-state index contributed by atoms with van der Waals surface area (Å²) >= 11 is 0. The van der Waals surface area contributed by atoms with E-state index in [9.17, 15) is 9.90 Å². The molecule has 0 unspecified atom stereocenters. The van der Waals surface area contributed by atoms with Gasteiger partial charge in [0.05, 0.1) is 16.9 Å². The van der Waals surface area contributed by atoms with Gasteiger partial charge < -0.3 is 15.8 Å². The van der Waals surface area contributed by atoms with Crippen molar-refractivity contribution < 1.29 is 5.11 Å². The van der Waals surface area contributed by atoms with E-state index in [0.717, 1.165) is 5.56 Å². The first-order valence-electron chi connectivity index (χ1n) is 6.80. The molecule has 0 bridgehead atoms. The van der Waals surface area contributed by atoms with E-state index in [1.807, 2.05) is 19.1 Å². The Balaban J connectivity index is 2.15. The van der Waals surface area contributed by atoms with Crippen molar-refractivity contribution in [3.63, 3.8) is 0 Å². The van der Waals surface area contributed by atoms with Crippen LogP contribution in [0.25, 0.3) is 10.9 Å². The Bertz CT molecular complexity index is 942. The fraction of sp³-hybridized carbons (Fsp3) is 0.0588. The molecule has 0 aliphatic carbocycles. The monoisotopic (exact) mass is 293 g/mol. The molecule has 1 heterocycles. The van der Waals surface area contributed by atoms with Crippen molar-refractivity contribution in [3.05, 3.63) is 63.9 Å². The zero-order valence-electron chi connectivity index (χ0n) is 12.0. The predicted molar refractivity (Wildman–Crippen MR) is 89.1 cm³/mol. The van der Waals surface area contributed by atoms with E-state index in [1.165, 1.54) is 6.21 Å². The van der Waals surface area contributed by atoms with Crippen molar-refractivity contribution in [2.24, 2.45) is 4.99 Å². The highest BCUT2D eigenvalue weighted by Crippen LogP contribution is 2.26. The summed E-state index contributed by atoms with van der Waals surface area (Å²) in [7, 11) is 0. The van der Waals surface area contributed by atoms with Crippen LogP contribution in [-0.2, 0) is 0 Å². The van der Waals surface area contributed by atoms with Gasteiger partial charge in [-0.2, -0.15) is 0 Å². The number of hydrogen-bond acceptors (Lipinski definition) is 4. The van der Waals surface area contributed by atoms with E-state index < -0.39 is 5.56 Å². The first-order chi connectivity index (χ1) is 10.6. The number of aryl methyl sites for hydroxylation is 1. The number of aromatic nitrogens is 1. The fourth-order valence-electron chi connectivity index (χ4n) is 2.26. The second-order valence-electron chi connectivity index (χ2n) is 5.08. The summed E-state index contributed by atoms with van der Waals surface area (Å²) < 4.78 is 0. The quantitative estimate of drug-likeness (QED) is 0.501. The number of anilines is 1. The van der Waals surface area contributed by atoms with E-state index in [2.05, 4.69) is 9.98 Å². The number of nitrogens with one attached hydrogen (secondary N) is 1. The van der Waals surface area contributed by atoms with Crippen LogP contribution in [0.4, 0.5) is 11.4 Å². The molecule has 1 aromatic heterocycles. The maximum absolute atomic E-state index is 12.1. The van der Waals surface area contributed by atoms with Crippen molar-refractivity contribution in [2.45, 2.75) is 6.92 Å². The summed E-state index contributed by atoms with van der Waals surface area (Å²) in [5, 5.41) is 10.9. The topological polar surface area (TPSA) is 91.5 Å². The van der Waals surface area contributed by atoms with Crippen molar-refractivity contribution in [2.75, 3.05) is 5.73 Å². The third kappa shape index (κ3) is 2.44. The number of H-pyrrole nitrogens is 1. The van der Waals surface area contributed by atoms with Crippen molar-refractivity contribution >= 4 is 28.5 Å². The number of rotatable bonds is 2. The minimum Gasteiger partial charge on any atom is -0.506 e. The maximum Gasteiger partial charge on any atom is 0.261 e. The van der Waals surface area contributed by atoms with E-state index in [1.54, 1.807) is 30.3 Å². The zero-order valence-corrected chi connectivity index (χ0v) is 12.0. The number of nitrogens with zero attached hydrogens (tertiary/aromatic N) is 1. The Morgan fingerprint density at radius 1 is 1.23 bits per heavy atom. The summed E-state index contributed by atoms with van der Waals surface area (Å²) in [4.78, 5) is 19.0. The molecule has 3 aromatic rings. The van der Waals surface area contributed by atoms with E-state index in [4.69, 9.17) is 5.73 Å². The molecule has 0 aliphatic heterocycles. The van der Waals surface area contributed by atoms with Crippen molar-refractivity contribution in [3.8, 4) is 5.75 Å². The van der Waals surface area contributed by atoms with E-state index in [0.29, 0.717) is 22.3 Å². The smallest absolute Gasteiger partial charge is 0.261 e. The highest BCUT2D eigenvalue weighted by molar-refractivity contribution is 5.95. The average molecular weight is 293 g/mol. The van der Waals surface area contributed by atoms with Crippen molar-refractivity contribution in [1.82, 2.24) is 4.98 Å². The van der Waals surface area contributed by atoms with Gasteiger partial charge in [0, 0.05) is 11.6 Å². The molecule has 2 aromatic carbocycles. The van der Waals surface area contributed by atoms with Gasteiger partial charge in [-0.25, -0.2) is 0 Å². The molecule has 0 spiro atoms. The van der Waals surface area contributed by atoms with Crippen LogP contribution in [0.15, 0.2) is 52.3 Å². The number of nitrogens with two attached hydrogens (primary N) is 1. The normalized spacial score (nSPS) is 11.3. The van der Waals surface area contributed by atoms with Crippen LogP contribution in [0, 0.1) is 6.92 Å². The average Bonchev–Trinajstić information content (AvgIpc) is 2.50. The van der Waals surface area contributed by atoms with E-state index in [-0.39, 0.29) is 11.3 Å². The first kappa shape index (κ1) is 13.9. The molecule has 0 radical (unpaired) electrons. The number of aromatic hydroxyl groups is 1. The minimum atomic E-state index is -0.396. The van der Waals surface area contributed by atoms with Gasteiger partial charge in [0.1, 0.15) is 11.3 Å². The molecule has 0 fully saturated rings. The van der Waals surface area contributed by atoms with Gasteiger partial charge in [0.15, 0.2) is 0 Å². The van der Waals surface area contributed by atoms with Crippen LogP contribution >= 0.6 is 0 Å². The molecule has 4 N–H and O–H groups in total. The van der Waals surface area contributed by atoms with Crippen LogP contribution in [0.3, 0.4) is 0 Å². The SMILES string of the molecule is Cc1ccc2[nH]c(=O)c(C=Nc3ccccc3N)c(O)c2c1. The zero-order chi connectivity index (χ0) is 15.7. The molecule has 5 nitrogen and oxygen atoms in total. The van der Waals surface area contributed by atoms with Crippen LogP contribution in [-0.4, -0.2) is 16.3 Å². The lowest BCUT2D eigenvalue weighted by Gasteiger charge is -2.05. The van der Waals surface area contributed by atoms with E-state index >= 15 is 0 Å². The fourth-order valence-corrected chi connectivity index (χ4v) is 2.26. The lowest BCUT2D eigenvalue weighted by Crippen LogP contribution is -2.12. The molecular weight excluding hydrogens is 278 g/mol. The van der Waals surface area contributed by atoms with Crippen LogP contribution in [0.2, 0.25) is 0 Å². The number of benzene rings is 2.